The molecule has 0 aromatic rings. The summed E-state index contributed by atoms with van der Waals surface area (Å²) in [6, 6.07) is 0. The molecule has 0 N–H and O–H groups in total. The fourth-order valence-corrected chi connectivity index (χ4v) is 0. The van der Waals surface area contributed by atoms with Gasteiger partial charge in [0.2, 0.25) is 0 Å². The Morgan fingerprint density at radius 2 is 1.25 bits per heavy atom. The average molecular weight is 122 g/mol. The van der Waals surface area contributed by atoms with Crippen molar-refractivity contribution < 1.29 is 0 Å². The van der Waals surface area contributed by atoms with Gasteiger partial charge in [-0.2, -0.15) is 0 Å². The molecule has 0 aliphatic carbocycles. The zero-order valence-corrected chi connectivity index (χ0v) is 8.12. The van der Waals surface area contributed by atoms with Crippen LogP contribution in [0, 0.1) is 0 Å². The summed E-state index contributed by atoms with van der Waals surface area (Å²) in [5.41, 5.74) is 0. The van der Waals surface area contributed by atoms with Crippen molar-refractivity contribution in [2.24, 2.45) is 0 Å². The molecule has 0 aliphatic heterocycles. The van der Waals surface area contributed by atoms with Crippen LogP contribution in [0.25, 0.3) is 0 Å². The third kappa shape index (κ3) is 10.8. The minimum absolute atomic E-state index is 0. The summed E-state index contributed by atoms with van der Waals surface area (Å²) in [6.45, 7) is 0. The predicted molar refractivity (Wildman–Crippen MR) is 38.4 cm³/mol. The van der Waals surface area contributed by atoms with Crippen LogP contribution in [-0.4, -0.2) is 45.4 Å². The highest BCUT2D eigenvalue weighted by molar-refractivity contribution is 7.17. The van der Waals surface area contributed by atoms with Crippen molar-refractivity contribution in [3.05, 3.63) is 0 Å². The molecule has 0 fully saturated rings. The minimum atomic E-state index is 0. The van der Waals surface area contributed by atoms with E-state index in [1.165, 1.54) is 0 Å². The molecular weight excluding hydrogens is 111 g/mol. The first kappa shape index (κ1) is 8.95. The van der Waals surface area contributed by atoms with Crippen molar-refractivity contribution in [3.63, 3.8) is 0 Å². The van der Waals surface area contributed by atoms with Crippen LogP contribution in [0.2, 0.25) is 0 Å². The van der Waals surface area contributed by atoms with E-state index in [4.69, 9.17) is 0 Å². The van der Waals surface area contributed by atoms with Gasteiger partial charge >= 0.3 is 0 Å². The van der Waals surface area contributed by atoms with Gasteiger partial charge in [-0.25, -0.2) is 0 Å². The highest BCUT2D eigenvalue weighted by atomic mass is 29.5. The van der Waals surface area contributed by atoms with Gasteiger partial charge in [-0.15, -0.1) is 0 Å². The normalized spacial score (nSPS) is 9.00. The molecule has 0 radical (unpaired) electrons. The number of hydrogen-bond acceptors (Lipinski definition) is 0. The third-order valence-electron chi connectivity index (χ3n) is 0. The smallest absolute Gasteiger partial charge is 0.0120 e. The molecule has 0 spiro atoms. The molecule has 0 nitrogen and oxygen atoms in total. The second-order valence-corrected chi connectivity index (χ2v) is 19.1. The Labute approximate surface area is 45.7 Å². The summed E-state index contributed by atoms with van der Waals surface area (Å²) in [7, 11) is 3.83. The zero-order valence-electron chi connectivity index (χ0n) is 2.71. The van der Waals surface area contributed by atoms with E-state index >= 15 is 0 Å². The Morgan fingerprint density at radius 3 is 1.25 bits per heavy atom. The minimum Gasteiger partial charge on any atom is -0.0120 e. The number of hydrogen-bond donors (Lipinski definition) is 0. The van der Waals surface area contributed by atoms with Crippen molar-refractivity contribution in [1.29, 1.82) is 0 Å². The molecule has 0 saturated carbocycles. The SMILES string of the molecule is [AlH3].[SiH3][SiH2][SiH3]. The van der Waals surface area contributed by atoms with Crippen molar-refractivity contribution >= 4 is 45.4 Å². The second-order valence-electron chi connectivity index (χ2n) is 0.707. The molecule has 0 aromatic carbocycles. The lowest BCUT2D eigenvalue weighted by molar-refractivity contribution is 4.34. The molecule has 0 amide bonds. The third-order valence-corrected chi connectivity index (χ3v) is 0. The van der Waals surface area contributed by atoms with Crippen LogP contribution < -0.4 is 0 Å². The second kappa shape index (κ2) is 8.89. The van der Waals surface area contributed by atoms with Crippen LogP contribution in [0.15, 0.2) is 0 Å². The largest absolute Gasteiger partial charge is 0.187 e. The van der Waals surface area contributed by atoms with E-state index in [0.29, 0.717) is 8.55 Å². The molecule has 0 unspecified atom stereocenters. The van der Waals surface area contributed by atoms with Gasteiger partial charge in [0.05, 0.1) is 0 Å². The Kier molecular flexibility index (Phi) is 19.9. The maximum absolute atomic E-state index is 1.57. The molecule has 0 atom stereocenters. The van der Waals surface area contributed by atoms with Gasteiger partial charge < -0.3 is 0 Å². The van der Waals surface area contributed by atoms with E-state index < -0.39 is 0 Å². The van der Waals surface area contributed by atoms with E-state index in [0.717, 1.165) is 0 Å². The van der Waals surface area contributed by atoms with Gasteiger partial charge in [-0.05, 0) is 28.1 Å². The van der Waals surface area contributed by atoms with Crippen LogP contribution in [0.1, 0.15) is 0 Å². The van der Waals surface area contributed by atoms with E-state index in [9.17, 15) is 0 Å². The average Bonchev–Trinajstić information content (AvgIpc) is 0.918. The van der Waals surface area contributed by atoms with Gasteiger partial charge in [0.15, 0.2) is 17.4 Å². The Hall–Kier alpha value is 1.18. The first-order valence-corrected chi connectivity index (χ1v) is 12.7. The topological polar surface area (TPSA) is 0 Å². The van der Waals surface area contributed by atoms with Crippen molar-refractivity contribution in [1.82, 2.24) is 0 Å². The van der Waals surface area contributed by atoms with E-state index in [2.05, 4.69) is 0 Å². The molecule has 4 heteroatoms. The highest BCUT2D eigenvalue weighted by Gasteiger charge is 1.40. The van der Waals surface area contributed by atoms with E-state index in [1.807, 2.05) is 0 Å². The van der Waals surface area contributed by atoms with Crippen molar-refractivity contribution in [2.45, 2.75) is 0 Å². The van der Waals surface area contributed by atoms with Crippen molar-refractivity contribution in [2.75, 3.05) is 0 Å². The first-order valence-electron chi connectivity index (χ1n) is 1.41. The highest BCUT2D eigenvalue weighted by Crippen LogP contribution is 1.03. The fraction of sp³-hybridized carbons (Fsp3) is 0. The Balaban J connectivity index is 0. The standard InChI is InChI=1S/Al.H8Si3.3H/c;1-3-2;;;/h;3H2,1-2H3;;;. The molecule has 0 aromatic heterocycles. The summed E-state index contributed by atoms with van der Waals surface area (Å²) in [4.78, 5) is 0. The molecule has 26 valence electrons. The number of rotatable bonds is 0. The van der Waals surface area contributed by atoms with Crippen LogP contribution in [-0.2, 0) is 0 Å². The van der Waals surface area contributed by atoms with Crippen LogP contribution in [0.3, 0.4) is 0 Å². The van der Waals surface area contributed by atoms with Crippen molar-refractivity contribution in [3.8, 4) is 0 Å². The summed E-state index contributed by atoms with van der Waals surface area (Å²) in [5.74, 6) is 0. The summed E-state index contributed by atoms with van der Waals surface area (Å²) < 4.78 is 0. The molecule has 0 rings (SSSR count). The lowest BCUT2D eigenvalue weighted by Crippen LogP contribution is -1.79. The van der Waals surface area contributed by atoms with E-state index in [1.54, 1.807) is 19.5 Å². The molecule has 0 saturated heterocycles. The summed E-state index contributed by atoms with van der Waals surface area (Å²) in [6.07, 6.45) is 0. The molecular formula is H11AlSi3. The lowest BCUT2D eigenvalue weighted by atomic mass is 26.7. The van der Waals surface area contributed by atoms with Crippen LogP contribution in [0.5, 0.6) is 0 Å². The predicted octanol–water partition coefficient (Wildman–Crippen LogP) is -4.47. The Morgan fingerprint density at radius 1 is 1.25 bits per heavy atom. The Bertz CT molecular complexity index is 3.25. The fourth-order valence-electron chi connectivity index (χ4n) is 0. The monoisotopic (exact) mass is 122 g/mol. The summed E-state index contributed by atoms with van der Waals surface area (Å²) >= 11 is 0. The van der Waals surface area contributed by atoms with Gasteiger partial charge in [0.25, 0.3) is 0 Å². The molecule has 0 heterocycles. The van der Waals surface area contributed by atoms with Gasteiger partial charge in [0, 0.05) is 0 Å². The lowest BCUT2D eigenvalue weighted by Gasteiger charge is -1.42. The molecule has 0 aliphatic rings. The van der Waals surface area contributed by atoms with Crippen LogP contribution >= 0.6 is 0 Å². The molecule has 4 heavy (non-hydrogen) atoms. The quantitative estimate of drug-likeness (QED) is 0.284. The molecule has 0 bridgehead atoms. The first-order chi connectivity index (χ1) is 1.41. The summed E-state index contributed by atoms with van der Waals surface area (Å²) in [5, 5.41) is 0. The zero-order chi connectivity index (χ0) is 2.71. The van der Waals surface area contributed by atoms with Crippen LogP contribution in [0.4, 0.5) is 0 Å². The van der Waals surface area contributed by atoms with Gasteiger partial charge in [-0.1, -0.05) is 0 Å². The van der Waals surface area contributed by atoms with E-state index in [-0.39, 0.29) is 17.4 Å². The maximum atomic E-state index is 1.57. The van der Waals surface area contributed by atoms with Gasteiger partial charge in [0.1, 0.15) is 0 Å². The van der Waals surface area contributed by atoms with Gasteiger partial charge in [-0.3, -0.25) is 0 Å². The maximum Gasteiger partial charge on any atom is 0.187 e.